The van der Waals surface area contributed by atoms with Gasteiger partial charge in [-0.15, -0.1) is 24.0 Å². The molecule has 0 amide bonds. The summed E-state index contributed by atoms with van der Waals surface area (Å²) in [5, 5.41) is 6.82. The first-order valence-corrected chi connectivity index (χ1v) is 11.0. The van der Waals surface area contributed by atoms with Crippen LogP contribution in [0.4, 0.5) is 0 Å². The number of hydrogen-bond acceptors (Lipinski definition) is 5. The number of aliphatic imine (C=N–C) groups is 1. The summed E-state index contributed by atoms with van der Waals surface area (Å²) < 4.78 is 10.8. The lowest BCUT2D eigenvalue weighted by atomic mass is 10.0. The van der Waals surface area contributed by atoms with Crippen molar-refractivity contribution in [2.24, 2.45) is 4.99 Å². The van der Waals surface area contributed by atoms with Gasteiger partial charge in [0.05, 0.1) is 0 Å². The lowest BCUT2D eigenvalue weighted by Crippen LogP contribution is -2.47. The van der Waals surface area contributed by atoms with Crippen molar-refractivity contribution in [2.75, 3.05) is 53.6 Å². The summed E-state index contributed by atoms with van der Waals surface area (Å²) in [6.45, 7) is 6.24. The van der Waals surface area contributed by atoms with Gasteiger partial charge in [-0.1, -0.05) is 36.4 Å². The maximum Gasteiger partial charge on any atom is 0.231 e. The minimum Gasteiger partial charge on any atom is -0.454 e. The van der Waals surface area contributed by atoms with E-state index < -0.39 is 0 Å². The molecule has 0 aromatic heterocycles. The number of nitrogens with zero attached hydrogens (tertiary/aromatic N) is 3. The van der Waals surface area contributed by atoms with E-state index in [-0.39, 0.29) is 24.0 Å². The molecule has 174 valence electrons. The number of rotatable bonds is 7. The quantitative estimate of drug-likeness (QED) is 0.239. The van der Waals surface area contributed by atoms with Crippen LogP contribution in [0.1, 0.15) is 23.6 Å². The third-order valence-corrected chi connectivity index (χ3v) is 5.91. The van der Waals surface area contributed by atoms with E-state index in [0.29, 0.717) is 19.4 Å². The molecule has 0 bridgehead atoms. The summed E-state index contributed by atoms with van der Waals surface area (Å²) in [6.07, 6.45) is 1.07. The van der Waals surface area contributed by atoms with Crippen molar-refractivity contribution >= 4 is 29.9 Å². The van der Waals surface area contributed by atoms with Crippen molar-refractivity contribution in [2.45, 2.75) is 19.0 Å². The molecule has 1 atom stereocenters. The fourth-order valence-corrected chi connectivity index (χ4v) is 4.16. The Bertz CT molecular complexity index is 880. The third-order valence-electron chi connectivity index (χ3n) is 5.91. The van der Waals surface area contributed by atoms with E-state index in [0.717, 1.165) is 62.2 Å². The van der Waals surface area contributed by atoms with Crippen LogP contribution in [0.25, 0.3) is 0 Å². The zero-order chi connectivity index (χ0) is 21.5. The zero-order valence-corrected chi connectivity index (χ0v) is 21.2. The highest BCUT2D eigenvalue weighted by atomic mass is 127. The number of ether oxygens (including phenoxy) is 2. The largest absolute Gasteiger partial charge is 0.454 e. The molecule has 2 aliphatic heterocycles. The fourth-order valence-electron chi connectivity index (χ4n) is 4.16. The van der Waals surface area contributed by atoms with E-state index in [9.17, 15) is 0 Å². The third kappa shape index (κ3) is 6.49. The van der Waals surface area contributed by atoms with Gasteiger partial charge in [-0.2, -0.15) is 0 Å². The summed E-state index contributed by atoms with van der Waals surface area (Å²) in [4.78, 5) is 9.39. The van der Waals surface area contributed by atoms with Crippen LogP contribution < -0.4 is 20.1 Å². The second-order valence-corrected chi connectivity index (χ2v) is 8.12. The number of halogens is 1. The molecule has 0 spiro atoms. The molecule has 4 rings (SSSR count). The van der Waals surface area contributed by atoms with Crippen molar-refractivity contribution in [1.29, 1.82) is 0 Å². The Morgan fingerprint density at radius 2 is 1.88 bits per heavy atom. The topological polar surface area (TPSA) is 61.4 Å². The predicted octanol–water partition coefficient (Wildman–Crippen LogP) is 3.08. The molecular formula is C24H34IN5O2. The van der Waals surface area contributed by atoms with Crippen LogP contribution in [-0.4, -0.2) is 69.4 Å². The average molecular weight is 551 g/mol. The van der Waals surface area contributed by atoms with Crippen molar-refractivity contribution in [3.63, 3.8) is 0 Å². The molecular weight excluding hydrogens is 517 g/mol. The number of guanidine groups is 1. The molecule has 0 saturated carbocycles. The standard InChI is InChI=1S/C24H33N5O2.HI/c1-25-24(27-16-19-9-10-22-23(15-19)31-18-30-22)26-11-6-12-29-14-13-28(2)17-21(29)20-7-4-3-5-8-20;/h3-5,7-10,15,21H,6,11-14,16-18H2,1-2H3,(H2,25,26,27);1H. The normalized spacial score (nSPS) is 18.8. The molecule has 2 aromatic rings. The molecule has 7 nitrogen and oxygen atoms in total. The molecule has 1 saturated heterocycles. The lowest BCUT2D eigenvalue weighted by Gasteiger charge is -2.40. The predicted molar refractivity (Wildman–Crippen MR) is 139 cm³/mol. The monoisotopic (exact) mass is 551 g/mol. The van der Waals surface area contributed by atoms with Crippen LogP contribution in [0.2, 0.25) is 0 Å². The molecule has 0 aliphatic carbocycles. The molecule has 2 aliphatic rings. The SMILES string of the molecule is CN=C(NCCCN1CCN(C)CC1c1ccccc1)NCc1ccc2c(c1)OCO2.I. The second kappa shape index (κ2) is 12.3. The summed E-state index contributed by atoms with van der Waals surface area (Å²) in [7, 11) is 4.02. The van der Waals surface area contributed by atoms with Crippen molar-refractivity contribution < 1.29 is 9.47 Å². The Morgan fingerprint density at radius 3 is 2.69 bits per heavy atom. The Hall–Kier alpha value is -2.04. The van der Waals surface area contributed by atoms with E-state index in [1.165, 1.54) is 5.56 Å². The average Bonchev–Trinajstić information content (AvgIpc) is 3.28. The Labute approximate surface area is 208 Å². The van der Waals surface area contributed by atoms with Gasteiger partial charge in [0.2, 0.25) is 6.79 Å². The maximum atomic E-state index is 5.45. The van der Waals surface area contributed by atoms with Crippen LogP contribution in [0.5, 0.6) is 11.5 Å². The van der Waals surface area contributed by atoms with Gasteiger partial charge >= 0.3 is 0 Å². The van der Waals surface area contributed by atoms with Crippen LogP contribution in [-0.2, 0) is 6.54 Å². The number of hydrogen-bond donors (Lipinski definition) is 2. The van der Waals surface area contributed by atoms with Gasteiger partial charge in [0, 0.05) is 52.4 Å². The summed E-state index contributed by atoms with van der Waals surface area (Å²) in [5.41, 5.74) is 2.54. The number of benzene rings is 2. The Morgan fingerprint density at radius 1 is 1.06 bits per heavy atom. The number of piperazine rings is 1. The zero-order valence-electron chi connectivity index (χ0n) is 18.9. The first-order chi connectivity index (χ1) is 15.2. The Kier molecular flexibility index (Phi) is 9.43. The highest BCUT2D eigenvalue weighted by Gasteiger charge is 2.25. The summed E-state index contributed by atoms with van der Waals surface area (Å²) in [6, 6.07) is 17.3. The molecule has 8 heteroatoms. The van der Waals surface area contributed by atoms with Gasteiger partial charge in [0.1, 0.15) is 0 Å². The minimum absolute atomic E-state index is 0. The van der Waals surface area contributed by atoms with Crippen LogP contribution >= 0.6 is 24.0 Å². The molecule has 32 heavy (non-hydrogen) atoms. The van der Waals surface area contributed by atoms with Gasteiger partial charge in [-0.25, -0.2) is 0 Å². The van der Waals surface area contributed by atoms with E-state index in [1.54, 1.807) is 7.05 Å². The van der Waals surface area contributed by atoms with E-state index >= 15 is 0 Å². The Balaban J connectivity index is 0.00000289. The van der Waals surface area contributed by atoms with Crippen molar-refractivity contribution in [1.82, 2.24) is 20.4 Å². The summed E-state index contributed by atoms with van der Waals surface area (Å²) in [5.74, 6) is 2.43. The van der Waals surface area contributed by atoms with Crippen LogP contribution in [0, 0.1) is 0 Å². The van der Waals surface area contributed by atoms with Gasteiger partial charge in [0.15, 0.2) is 17.5 Å². The molecule has 1 fully saturated rings. The lowest BCUT2D eigenvalue weighted by molar-refractivity contribution is 0.0891. The number of likely N-dealkylation sites (N-methyl/N-ethyl adjacent to an activating group) is 1. The van der Waals surface area contributed by atoms with Crippen molar-refractivity contribution in [3.8, 4) is 11.5 Å². The van der Waals surface area contributed by atoms with Gasteiger partial charge < -0.3 is 25.0 Å². The maximum absolute atomic E-state index is 5.45. The van der Waals surface area contributed by atoms with E-state index in [1.807, 2.05) is 18.2 Å². The second-order valence-electron chi connectivity index (χ2n) is 8.12. The van der Waals surface area contributed by atoms with E-state index in [2.05, 4.69) is 62.8 Å². The fraction of sp³-hybridized carbons (Fsp3) is 0.458. The molecule has 2 aromatic carbocycles. The van der Waals surface area contributed by atoms with Crippen molar-refractivity contribution in [3.05, 3.63) is 59.7 Å². The number of fused-ring (bicyclic) bond motifs is 1. The minimum atomic E-state index is 0. The van der Waals surface area contributed by atoms with Gasteiger partial charge in [-0.3, -0.25) is 9.89 Å². The first-order valence-electron chi connectivity index (χ1n) is 11.0. The van der Waals surface area contributed by atoms with E-state index in [4.69, 9.17) is 9.47 Å². The van der Waals surface area contributed by atoms with Crippen LogP contribution in [0.3, 0.4) is 0 Å². The van der Waals surface area contributed by atoms with Gasteiger partial charge in [-0.05, 0) is 36.7 Å². The first kappa shape index (κ1) is 24.6. The van der Waals surface area contributed by atoms with Gasteiger partial charge in [0.25, 0.3) is 0 Å². The van der Waals surface area contributed by atoms with Crippen LogP contribution in [0.15, 0.2) is 53.5 Å². The molecule has 2 heterocycles. The smallest absolute Gasteiger partial charge is 0.231 e. The molecule has 1 unspecified atom stereocenters. The highest BCUT2D eigenvalue weighted by Crippen LogP contribution is 2.32. The molecule has 2 N–H and O–H groups in total. The highest BCUT2D eigenvalue weighted by molar-refractivity contribution is 14.0. The number of nitrogens with one attached hydrogen (secondary N) is 2. The summed E-state index contributed by atoms with van der Waals surface area (Å²) >= 11 is 0. The molecule has 0 radical (unpaired) electrons.